The molecule has 0 bridgehead atoms. The molecule has 22 heavy (non-hydrogen) atoms. The zero-order valence-electron chi connectivity index (χ0n) is 11.4. The van der Waals surface area contributed by atoms with Gasteiger partial charge in [0.05, 0.1) is 22.7 Å². The van der Waals surface area contributed by atoms with Crippen LogP contribution in [0, 0.1) is 0 Å². The summed E-state index contributed by atoms with van der Waals surface area (Å²) >= 11 is 13.3. The van der Waals surface area contributed by atoms with Gasteiger partial charge in [-0.2, -0.15) is 24.9 Å². The standard InChI is InChI=1S/C12H10Cl2F3N3OS/c1-21-11-9(5-22-2)18-20(19-11)10-7(13)3-6(4-8(10)14)12(15,16)17/h3-4H,5H2,1-2H3. The molecule has 0 unspecified atom stereocenters. The van der Waals surface area contributed by atoms with E-state index in [9.17, 15) is 13.2 Å². The maximum atomic E-state index is 12.7. The molecule has 0 saturated heterocycles. The largest absolute Gasteiger partial charge is 0.479 e. The molecule has 120 valence electrons. The number of ether oxygens (including phenoxy) is 1. The number of hydrogen-bond acceptors (Lipinski definition) is 4. The van der Waals surface area contributed by atoms with Crippen molar-refractivity contribution in [2.45, 2.75) is 11.9 Å². The lowest BCUT2D eigenvalue weighted by Crippen LogP contribution is -2.08. The van der Waals surface area contributed by atoms with Crippen LogP contribution in [0.3, 0.4) is 0 Å². The molecule has 0 radical (unpaired) electrons. The van der Waals surface area contributed by atoms with Crippen LogP contribution in [0.1, 0.15) is 11.3 Å². The van der Waals surface area contributed by atoms with Crippen LogP contribution in [0.25, 0.3) is 5.69 Å². The summed E-state index contributed by atoms with van der Waals surface area (Å²) in [7, 11) is 1.42. The molecule has 10 heteroatoms. The Labute approximate surface area is 138 Å². The summed E-state index contributed by atoms with van der Waals surface area (Å²) < 4.78 is 43.3. The molecule has 0 atom stereocenters. The molecule has 0 aliphatic rings. The predicted molar refractivity (Wildman–Crippen MR) is 80.2 cm³/mol. The van der Waals surface area contributed by atoms with Crippen LogP contribution in [-0.4, -0.2) is 28.4 Å². The molecule has 1 aromatic carbocycles. The summed E-state index contributed by atoms with van der Waals surface area (Å²) in [5, 5.41) is 7.81. The molecule has 0 fully saturated rings. The van der Waals surface area contributed by atoms with Crippen molar-refractivity contribution in [1.29, 1.82) is 0 Å². The number of aromatic nitrogens is 3. The van der Waals surface area contributed by atoms with Crippen molar-refractivity contribution in [3.05, 3.63) is 33.4 Å². The summed E-state index contributed by atoms with van der Waals surface area (Å²) in [5.74, 6) is 0.792. The van der Waals surface area contributed by atoms with Gasteiger partial charge >= 0.3 is 6.18 Å². The van der Waals surface area contributed by atoms with Gasteiger partial charge in [0.1, 0.15) is 11.4 Å². The SMILES string of the molecule is COc1nn(-c2c(Cl)cc(C(F)(F)F)cc2Cl)nc1CSC. The Bertz CT molecular complexity index is 668. The minimum atomic E-state index is -4.54. The highest BCUT2D eigenvalue weighted by atomic mass is 35.5. The van der Waals surface area contributed by atoms with Crippen LogP contribution < -0.4 is 4.74 Å². The van der Waals surface area contributed by atoms with E-state index in [1.807, 2.05) is 6.26 Å². The van der Waals surface area contributed by atoms with E-state index in [4.69, 9.17) is 27.9 Å². The lowest BCUT2D eigenvalue weighted by Gasteiger charge is -2.11. The number of benzene rings is 1. The van der Waals surface area contributed by atoms with E-state index in [1.54, 1.807) is 0 Å². The number of thioether (sulfide) groups is 1. The van der Waals surface area contributed by atoms with Crippen molar-refractivity contribution in [3.63, 3.8) is 0 Å². The topological polar surface area (TPSA) is 39.9 Å². The Kier molecular flexibility index (Phi) is 5.14. The molecule has 1 heterocycles. The van der Waals surface area contributed by atoms with Gasteiger partial charge in [0, 0.05) is 5.75 Å². The molecule has 0 saturated carbocycles. The molecule has 0 aliphatic heterocycles. The molecule has 1 aromatic heterocycles. The molecule has 2 rings (SSSR count). The van der Waals surface area contributed by atoms with E-state index in [2.05, 4.69) is 10.2 Å². The average Bonchev–Trinajstić information content (AvgIpc) is 2.80. The molecule has 0 amide bonds. The smallest absolute Gasteiger partial charge is 0.416 e. The van der Waals surface area contributed by atoms with Crippen molar-refractivity contribution in [2.24, 2.45) is 0 Å². The van der Waals surface area contributed by atoms with E-state index < -0.39 is 11.7 Å². The first-order valence-corrected chi connectivity index (χ1v) is 7.98. The van der Waals surface area contributed by atoms with Gasteiger partial charge in [-0.25, -0.2) is 0 Å². The number of hydrogen-bond donors (Lipinski definition) is 0. The number of rotatable bonds is 4. The second-order valence-electron chi connectivity index (χ2n) is 4.16. The highest BCUT2D eigenvalue weighted by Crippen LogP contribution is 2.37. The third kappa shape index (κ3) is 3.44. The maximum Gasteiger partial charge on any atom is 0.416 e. The fourth-order valence-corrected chi connectivity index (χ4v) is 2.82. The second-order valence-corrected chi connectivity index (χ2v) is 5.85. The van der Waals surface area contributed by atoms with Gasteiger partial charge in [-0.1, -0.05) is 23.2 Å². The van der Waals surface area contributed by atoms with Gasteiger partial charge in [-0.05, 0) is 18.4 Å². The fourth-order valence-electron chi connectivity index (χ4n) is 1.73. The number of nitrogens with zero attached hydrogens (tertiary/aromatic N) is 3. The normalized spacial score (nSPS) is 11.8. The Morgan fingerprint density at radius 3 is 2.27 bits per heavy atom. The molecule has 0 spiro atoms. The third-order valence-corrected chi connectivity index (χ3v) is 3.80. The van der Waals surface area contributed by atoms with E-state index >= 15 is 0 Å². The van der Waals surface area contributed by atoms with Crippen molar-refractivity contribution in [1.82, 2.24) is 15.0 Å². The number of methoxy groups -OCH3 is 1. The van der Waals surface area contributed by atoms with Gasteiger partial charge in [-0.15, -0.1) is 15.0 Å². The third-order valence-electron chi connectivity index (χ3n) is 2.67. The Balaban J connectivity index is 2.54. The molecule has 4 nitrogen and oxygen atoms in total. The molecular formula is C12H10Cl2F3N3OS. The highest BCUT2D eigenvalue weighted by Gasteiger charge is 2.32. The second kappa shape index (κ2) is 6.55. The molecular weight excluding hydrogens is 362 g/mol. The zero-order valence-corrected chi connectivity index (χ0v) is 13.7. The van der Waals surface area contributed by atoms with Crippen LogP contribution >= 0.6 is 35.0 Å². The van der Waals surface area contributed by atoms with Gasteiger partial charge in [0.15, 0.2) is 0 Å². The summed E-state index contributed by atoms with van der Waals surface area (Å²) in [4.78, 5) is 1.08. The predicted octanol–water partition coefficient (Wildman–Crippen LogP) is 4.46. The lowest BCUT2D eigenvalue weighted by molar-refractivity contribution is -0.137. The lowest BCUT2D eigenvalue weighted by atomic mass is 10.2. The van der Waals surface area contributed by atoms with Crippen LogP contribution in [0.15, 0.2) is 12.1 Å². The van der Waals surface area contributed by atoms with Crippen molar-refractivity contribution in [2.75, 3.05) is 13.4 Å². The first kappa shape index (κ1) is 17.2. The summed E-state index contributed by atoms with van der Waals surface area (Å²) in [6.07, 6.45) is -2.67. The molecule has 0 aliphatic carbocycles. The van der Waals surface area contributed by atoms with Crippen LogP contribution in [0.4, 0.5) is 13.2 Å². The van der Waals surface area contributed by atoms with Gasteiger partial charge < -0.3 is 4.74 Å². The fraction of sp³-hybridized carbons (Fsp3) is 0.333. The minimum Gasteiger partial charge on any atom is -0.479 e. The Morgan fingerprint density at radius 2 is 1.82 bits per heavy atom. The van der Waals surface area contributed by atoms with Gasteiger partial charge in [-0.3, -0.25) is 0 Å². The van der Waals surface area contributed by atoms with Crippen molar-refractivity contribution in [3.8, 4) is 11.6 Å². The monoisotopic (exact) mass is 371 g/mol. The van der Waals surface area contributed by atoms with Gasteiger partial charge in [0.2, 0.25) is 0 Å². The summed E-state index contributed by atoms with van der Waals surface area (Å²) in [6.45, 7) is 0. The van der Waals surface area contributed by atoms with Crippen LogP contribution in [-0.2, 0) is 11.9 Å². The highest BCUT2D eigenvalue weighted by molar-refractivity contribution is 7.97. The van der Waals surface area contributed by atoms with Gasteiger partial charge in [0.25, 0.3) is 5.88 Å². The minimum absolute atomic E-state index is 0.0713. The van der Waals surface area contributed by atoms with E-state index in [-0.39, 0.29) is 21.6 Å². The van der Waals surface area contributed by atoms with Crippen molar-refractivity contribution >= 4 is 35.0 Å². The Morgan fingerprint density at radius 1 is 1.23 bits per heavy atom. The van der Waals surface area contributed by atoms with Crippen LogP contribution in [0.2, 0.25) is 10.0 Å². The number of halogens is 5. The first-order chi connectivity index (χ1) is 10.3. The van der Waals surface area contributed by atoms with Crippen LogP contribution in [0.5, 0.6) is 5.88 Å². The van der Waals surface area contributed by atoms with Crippen molar-refractivity contribution < 1.29 is 17.9 Å². The Hall–Kier alpha value is -1.12. The average molecular weight is 372 g/mol. The molecule has 2 aromatic rings. The molecule has 0 N–H and O–H groups in total. The zero-order chi connectivity index (χ0) is 16.5. The summed E-state index contributed by atoms with van der Waals surface area (Å²) in [5.41, 5.74) is -0.321. The quantitative estimate of drug-likeness (QED) is 0.794. The first-order valence-electron chi connectivity index (χ1n) is 5.83. The summed E-state index contributed by atoms with van der Waals surface area (Å²) in [6, 6.07) is 1.57. The van der Waals surface area contributed by atoms with E-state index in [1.165, 1.54) is 18.9 Å². The number of alkyl halides is 3. The maximum absolute atomic E-state index is 12.7. The van der Waals surface area contributed by atoms with E-state index in [0.717, 1.165) is 16.9 Å². The van der Waals surface area contributed by atoms with E-state index in [0.29, 0.717) is 11.4 Å².